The van der Waals surface area contributed by atoms with Crippen molar-refractivity contribution < 1.29 is 4.74 Å². The molecule has 0 saturated carbocycles. The summed E-state index contributed by atoms with van der Waals surface area (Å²) in [4.78, 5) is 2.48. The van der Waals surface area contributed by atoms with Crippen LogP contribution in [0.25, 0.3) is 0 Å². The molecule has 2 rings (SSSR count). The van der Waals surface area contributed by atoms with Gasteiger partial charge in [0, 0.05) is 38.8 Å². The van der Waals surface area contributed by atoms with Crippen molar-refractivity contribution in [3.63, 3.8) is 0 Å². The van der Waals surface area contributed by atoms with E-state index in [1.165, 1.54) is 13.0 Å². The first-order valence-corrected chi connectivity index (χ1v) is 5.62. The lowest BCUT2D eigenvalue weighted by Crippen LogP contribution is -2.46. The Labute approximate surface area is 86.0 Å². The molecule has 2 fully saturated rings. The van der Waals surface area contributed by atoms with Gasteiger partial charge in [-0.3, -0.25) is 4.90 Å². The average Bonchev–Trinajstić information content (AvgIpc) is 2.29. The lowest BCUT2D eigenvalue weighted by molar-refractivity contribution is 0.0359. The van der Waals surface area contributed by atoms with Crippen LogP contribution in [0.2, 0.25) is 0 Å². The van der Waals surface area contributed by atoms with Gasteiger partial charge in [-0.25, -0.2) is 5.32 Å². The molecule has 0 bridgehead atoms. The molecule has 81 valence electrons. The second kappa shape index (κ2) is 5.66. The quantitative estimate of drug-likeness (QED) is 0.651. The fourth-order valence-electron chi connectivity index (χ4n) is 2.01. The molecule has 2 heterocycles. The molecule has 0 aromatic rings. The molecule has 2 saturated heterocycles. The van der Waals surface area contributed by atoms with Crippen molar-refractivity contribution in [2.75, 3.05) is 52.5 Å². The monoisotopic (exact) mass is 198 g/mol. The second-order valence-electron chi connectivity index (χ2n) is 4.01. The zero-order chi connectivity index (χ0) is 9.64. The second-order valence-corrected chi connectivity index (χ2v) is 4.01. The van der Waals surface area contributed by atoms with Crippen LogP contribution in [0.5, 0.6) is 0 Å². The van der Waals surface area contributed by atoms with Crippen LogP contribution < -0.4 is 10.6 Å². The highest BCUT2D eigenvalue weighted by Gasteiger charge is 2.16. The van der Waals surface area contributed by atoms with Crippen LogP contribution in [-0.4, -0.2) is 63.4 Å². The van der Waals surface area contributed by atoms with E-state index < -0.39 is 0 Å². The van der Waals surface area contributed by atoms with E-state index >= 15 is 0 Å². The number of ether oxygens (including phenoxy) is 1. The van der Waals surface area contributed by atoms with Crippen LogP contribution in [0.1, 0.15) is 6.42 Å². The Bertz CT molecular complexity index is 135. The van der Waals surface area contributed by atoms with Crippen LogP contribution in [0.4, 0.5) is 0 Å². The highest BCUT2D eigenvalue weighted by Crippen LogP contribution is 2.02. The molecular weight excluding hydrogens is 178 g/mol. The minimum atomic E-state index is 0.548. The van der Waals surface area contributed by atoms with Crippen LogP contribution in [0, 0.1) is 0 Å². The summed E-state index contributed by atoms with van der Waals surface area (Å²) in [5.74, 6) is 0. The molecule has 4 heteroatoms. The van der Waals surface area contributed by atoms with Gasteiger partial charge in [0.15, 0.2) is 0 Å². The van der Waals surface area contributed by atoms with E-state index in [2.05, 4.69) is 15.5 Å². The van der Waals surface area contributed by atoms with Crippen LogP contribution in [0.15, 0.2) is 0 Å². The molecule has 0 aromatic heterocycles. The fraction of sp³-hybridized carbons (Fsp3) is 1.00. The Kier molecular flexibility index (Phi) is 4.19. The van der Waals surface area contributed by atoms with Gasteiger partial charge in [0.1, 0.15) is 0 Å². The third-order valence-electron chi connectivity index (χ3n) is 2.94. The summed E-state index contributed by atoms with van der Waals surface area (Å²) >= 11 is 0. The van der Waals surface area contributed by atoms with E-state index in [0.29, 0.717) is 6.04 Å². The lowest BCUT2D eigenvalue weighted by Gasteiger charge is -2.29. The summed E-state index contributed by atoms with van der Waals surface area (Å²) in [6.45, 7) is 8.31. The van der Waals surface area contributed by atoms with E-state index in [1.54, 1.807) is 0 Å². The standard InChI is InChI=1S/C10H20N3O/c1(10-9-11-2-3-12-10)4-13-5-7-14-8-6-13/h10-11H,1-9H2. The van der Waals surface area contributed by atoms with E-state index in [-0.39, 0.29) is 0 Å². The molecule has 1 atom stereocenters. The molecule has 2 aliphatic heterocycles. The van der Waals surface area contributed by atoms with Gasteiger partial charge >= 0.3 is 0 Å². The number of hydrogen-bond donors (Lipinski definition) is 1. The summed E-state index contributed by atoms with van der Waals surface area (Å²) in [7, 11) is 0. The van der Waals surface area contributed by atoms with E-state index in [0.717, 1.165) is 45.9 Å². The van der Waals surface area contributed by atoms with Crippen LogP contribution in [0.3, 0.4) is 0 Å². The third kappa shape index (κ3) is 3.20. The van der Waals surface area contributed by atoms with Gasteiger partial charge in [0.25, 0.3) is 0 Å². The lowest BCUT2D eigenvalue weighted by atomic mass is 10.1. The Balaban J connectivity index is 1.60. The maximum atomic E-state index is 5.31. The third-order valence-corrected chi connectivity index (χ3v) is 2.94. The highest BCUT2D eigenvalue weighted by molar-refractivity contribution is 4.76. The number of piperazine rings is 1. The predicted molar refractivity (Wildman–Crippen MR) is 55.5 cm³/mol. The van der Waals surface area contributed by atoms with E-state index in [9.17, 15) is 0 Å². The predicted octanol–water partition coefficient (Wildman–Crippen LogP) is -0.715. The van der Waals surface area contributed by atoms with Crippen molar-refractivity contribution in [3.05, 3.63) is 0 Å². The summed E-state index contributed by atoms with van der Waals surface area (Å²) in [5, 5.41) is 7.98. The van der Waals surface area contributed by atoms with Gasteiger partial charge in [0.2, 0.25) is 0 Å². The van der Waals surface area contributed by atoms with Gasteiger partial charge in [-0.15, -0.1) is 0 Å². The average molecular weight is 198 g/mol. The number of morpholine rings is 1. The molecular formula is C10H20N3O. The van der Waals surface area contributed by atoms with Crippen molar-refractivity contribution >= 4 is 0 Å². The summed E-state index contributed by atoms with van der Waals surface area (Å²) < 4.78 is 5.31. The fourth-order valence-corrected chi connectivity index (χ4v) is 2.01. The smallest absolute Gasteiger partial charge is 0.0594 e. The van der Waals surface area contributed by atoms with E-state index in [1.807, 2.05) is 0 Å². The number of nitrogens with zero attached hydrogens (tertiary/aromatic N) is 2. The number of nitrogens with one attached hydrogen (secondary N) is 1. The van der Waals surface area contributed by atoms with Gasteiger partial charge in [-0.2, -0.15) is 0 Å². The summed E-state index contributed by atoms with van der Waals surface area (Å²) in [5.41, 5.74) is 0. The maximum absolute atomic E-state index is 5.31. The minimum absolute atomic E-state index is 0.548. The molecule has 14 heavy (non-hydrogen) atoms. The molecule has 0 amide bonds. The highest BCUT2D eigenvalue weighted by atomic mass is 16.5. The SMILES string of the molecule is C1CNCC(CCN2CCOCC2)[N]1. The first-order valence-electron chi connectivity index (χ1n) is 5.62. The Hall–Kier alpha value is -0.160. The van der Waals surface area contributed by atoms with Crippen molar-refractivity contribution in [1.82, 2.24) is 15.5 Å². The molecule has 1 N–H and O–H groups in total. The van der Waals surface area contributed by atoms with Crippen LogP contribution in [-0.2, 0) is 4.74 Å². The number of rotatable bonds is 3. The largest absolute Gasteiger partial charge is 0.379 e. The van der Waals surface area contributed by atoms with Crippen molar-refractivity contribution in [3.8, 4) is 0 Å². The first-order chi connectivity index (χ1) is 6.95. The maximum Gasteiger partial charge on any atom is 0.0594 e. The van der Waals surface area contributed by atoms with Crippen molar-refractivity contribution in [2.24, 2.45) is 0 Å². The molecule has 0 aromatic carbocycles. The Morgan fingerprint density at radius 1 is 1.36 bits per heavy atom. The summed E-state index contributed by atoms with van der Waals surface area (Å²) in [6, 6.07) is 0.548. The number of hydrogen-bond acceptors (Lipinski definition) is 3. The summed E-state index contributed by atoms with van der Waals surface area (Å²) in [6.07, 6.45) is 1.20. The van der Waals surface area contributed by atoms with Crippen LogP contribution >= 0.6 is 0 Å². The molecule has 4 nitrogen and oxygen atoms in total. The molecule has 0 spiro atoms. The Morgan fingerprint density at radius 2 is 2.21 bits per heavy atom. The van der Waals surface area contributed by atoms with Gasteiger partial charge in [-0.1, -0.05) is 0 Å². The topological polar surface area (TPSA) is 38.6 Å². The van der Waals surface area contributed by atoms with E-state index in [4.69, 9.17) is 4.74 Å². The van der Waals surface area contributed by atoms with Gasteiger partial charge in [-0.05, 0) is 13.0 Å². The molecule has 2 aliphatic rings. The van der Waals surface area contributed by atoms with Crippen molar-refractivity contribution in [1.29, 1.82) is 0 Å². The molecule has 1 radical (unpaired) electrons. The normalized spacial score (nSPS) is 30.4. The van der Waals surface area contributed by atoms with Crippen molar-refractivity contribution in [2.45, 2.75) is 12.5 Å². The molecule has 0 aliphatic carbocycles. The van der Waals surface area contributed by atoms with Gasteiger partial charge in [0.05, 0.1) is 13.2 Å². The Morgan fingerprint density at radius 3 is 2.93 bits per heavy atom. The zero-order valence-electron chi connectivity index (χ0n) is 8.74. The molecule has 1 unspecified atom stereocenters. The zero-order valence-corrected chi connectivity index (χ0v) is 8.74. The minimum Gasteiger partial charge on any atom is -0.379 e. The van der Waals surface area contributed by atoms with Gasteiger partial charge < -0.3 is 10.1 Å². The first kappa shape index (κ1) is 10.4.